The predicted molar refractivity (Wildman–Crippen MR) is 58.9 cm³/mol. The minimum absolute atomic E-state index is 0.530. The highest BCUT2D eigenvalue weighted by Gasteiger charge is 2.08. The number of hydrogen-bond donors (Lipinski definition) is 1. The maximum absolute atomic E-state index is 5.85. The highest BCUT2D eigenvalue weighted by molar-refractivity contribution is 6.48. The molecule has 13 heavy (non-hydrogen) atoms. The molecule has 0 unspecified atom stereocenters. The number of aromatic nitrogens is 1. The standard InChI is InChI=1S/C10H13ClN2/c1-4-5-12-10-9(8(3)11)7(2)6-13-10/h5-6,13H,3-4H2,1-2H3. The third-order valence-corrected chi connectivity index (χ3v) is 1.92. The van der Waals surface area contributed by atoms with Gasteiger partial charge in [-0.1, -0.05) is 25.1 Å². The van der Waals surface area contributed by atoms with E-state index in [1.165, 1.54) is 0 Å². The first-order valence-electron chi connectivity index (χ1n) is 4.22. The minimum Gasteiger partial charge on any atom is -0.346 e. The zero-order valence-corrected chi connectivity index (χ0v) is 8.65. The molecule has 1 aromatic heterocycles. The molecule has 0 bridgehead atoms. The van der Waals surface area contributed by atoms with Crippen molar-refractivity contribution in [2.75, 3.05) is 0 Å². The second kappa shape index (κ2) is 4.28. The van der Waals surface area contributed by atoms with Gasteiger partial charge in [0.25, 0.3) is 0 Å². The molecule has 0 radical (unpaired) electrons. The van der Waals surface area contributed by atoms with Crippen LogP contribution in [0.4, 0.5) is 5.82 Å². The zero-order chi connectivity index (χ0) is 9.84. The van der Waals surface area contributed by atoms with E-state index in [4.69, 9.17) is 11.6 Å². The van der Waals surface area contributed by atoms with E-state index in [9.17, 15) is 0 Å². The summed E-state index contributed by atoms with van der Waals surface area (Å²) in [5, 5.41) is 0.530. The highest BCUT2D eigenvalue weighted by atomic mass is 35.5. The Kier molecular flexibility index (Phi) is 3.32. The summed E-state index contributed by atoms with van der Waals surface area (Å²) < 4.78 is 0. The summed E-state index contributed by atoms with van der Waals surface area (Å²) in [6.45, 7) is 7.71. The van der Waals surface area contributed by atoms with Gasteiger partial charge in [0.05, 0.1) is 0 Å². The number of halogens is 1. The molecule has 70 valence electrons. The van der Waals surface area contributed by atoms with Crippen LogP contribution in [0.3, 0.4) is 0 Å². The molecule has 1 aromatic rings. The topological polar surface area (TPSA) is 28.1 Å². The molecule has 1 N–H and O–H groups in total. The lowest BCUT2D eigenvalue weighted by Crippen LogP contribution is -1.77. The smallest absolute Gasteiger partial charge is 0.138 e. The summed E-state index contributed by atoms with van der Waals surface area (Å²) in [4.78, 5) is 7.29. The molecule has 0 saturated carbocycles. The normalized spacial score (nSPS) is 11.0. The Bertz CT molecular complexity index is 337. The Morgan fingerprint density at radius 2 is 2.46 bits per heavy atom. The Labute approximate surface area is 83.3 Å². The summed E-state index contributed by atoms with van der Waals surface area (Å²) in [5.74, 6) is 0.791. The van der Waals surface area contributed by atoms with Crippen molar-refractivity contribution >= 4 is 28.7 Å². The van der Waals surface area contributed by atoms with E-state index in [0.717, 1.165) is 23.4 Å². The molecule has 0 amide bonds. The van der Waals surface area contributed by atoms with Crippen LogP contribution in [0, 0.1) is 6.92 Å². The van der Waals surface area contributed by atoms with Crippen molar-refractivity contribution in [3.63, 3.8) is 0 Å². The molecule has 0 aliphatic carbocycles. The van der Waals surface area contributed by atoms with Crippen molar-refractivity contribution in [1.29, 1.82) is 0 Å². The lowest BCUT2D eigenvalue weighted by molar-refractivity contribution is 1.28. The van der Waals surface area contributed by atoms with Crippen molar-refractivity contribution in [3.05, 3.63) is 23.9 Å². The first-order valence-corrected chi connectivity index (χ1v) is 4.60. The zero-order valence-electron chi connectivity index (χ0n) is 7.89. The fraction of sp³-hybridized carbons (Fsp3) is 0.300. The molecule has 0 spiro atoms. The average molecular weight is 197 g/mol. The van der Waals surface area contributed by atoms with Gasteiger partial charge >= 0.3 is 0 Å². The van der Waals surface area contributed by atoms with Crippen LogP contribution in [-0.4, -0.2) is 11.2 Å². The molecule has 2 nitrogen and oxygen atoms in total. The summed E-state index contributed by atoms with van der Waals surface area (Å²) >= 11 is 5.85. The molecule has 3 heteroatoms. The van der Waals surface area contributed by atoms with Gasteiger partial charge in [0.1, 0.15) is 5.82 Å². The van der Waals surface area contributed by atoms with Crippen molar-refractivity contribution in [1.82, 2.24) is 4.98 Å². The molecule has 0 atom stereocenters. The van der Waals surface area contributed by atoms with Crippen LogP contribution in [0.15, 0.2) is 17.8 Å². The van der Waals surface area contributed by atoms with Crippen LogP contribution in [0.1, 0.15) is 24.5 Å². The van der Waals surface area contributed by atoms with E-state index in [2.05, 4.69) is 16.6 Å². The minimum atomic E-state index is 0.530. The summed E-state index contributed by atoms with van der Waals surface area (Å²) in [6.07, 6.45) is 4.63. The number of aryl methyl sites for hydroxylation is 1. The lowest BCUT2D eigenvalue weighted by Gasteiger charge is -1.97. The molecule has 0 fully saturated rings. The maximum Gasteiger partial charge on any atom is 0.138 e. The van der Waals surface area contributed by atoms with Gasteiger partial charge in [0.15, 0.2) is 0 Å². The number of nitrogens with zero attached hydrogens (tertiary/aromatic N) is 1. The molecular weight excluding hydrogens is 184 g/mol. The van der Waals surface area contributed by atoms with Gasteiger partial charge in [0, 0.05) is 23.0 Å². The third-order valence-electron chi connectivity index (χ3n) is 1.73. The van der Waals surface area contributed by atoms with E-state index in [-0.39, 0.29) is 0 Å². The van der Waals surface area contributed by atoms with Crippen molar-refractivity contribution in [3.8, 4) is 0 Å². The Hall–Kier alpha value is -1.02. The largest absolute Gasteiger partial charge is 0.346 e. The van der Waals surface area contributed by atoms with E-state index >= 15 is 0 Å². The monoisotopic (exact) mass is 196 g/mol. The quantitative estimate of drug-likeness (QED) is 0.715. The third kappa shape index (κ3) is 2.22. The first-order chi connectivity index (χ1) is 6.16. The molecular formula is C10H13ClN2. The lowest BCUT2D eigenvalue weighted by atomic mass is 10.2. The SMILES string of the molecule is C=C(Cl)c1c(C)c[nH]c1N=CCC. The fourth-order valence-electron chi connectivity index (χ4n) is 1.13. The Morgan fingerprint density at radius 1 is 1.77 bits per heavy atom. The highest BCUT2D eigenvalue weighted by Crippen LogP contribution is 2.29. The molecule has 1 heterocycles. The van der Waals surface area contributed by atoms with Gasteiger partial charge in [-0.2, -0.15) is 0 Å². The number of aromatic amines is 1. The summed E-state index contributed by atoms with van der Waals surface area (Å²) in [7, 11) is 0. The maximum atomic E-state index is 5.85. The second-order valence-corrected chi connectivity index (χ2v) is 3.28. The van der Waals surface area contributed by atoms with Crippen LogP contribution >= 0.6 is 11.6 Å². The van der Waals surface area contributed by atoms with Crippen LogP contribution in [0.5, 0.6) is 0 Å². The van der Waals surface area contributed by atoms with Crippen molar-refractivity contribution in [2.24, 2.45) is 4.99 Å². The van der Waals surface area contributed by atoms with Gasteiger partial charge < -0.3 is 4.98 Å². The molecule has 0 saturated heterocycles. The predicted octanol–water partition coefficient (Wildman–Crippen LogP) is 3.64. The van der Waals surface area contributed by atoms with Crippen molar-refractivity contribution in [2.45, 2.75) is 20.3 Å². The van der Waals surface area contributed by atoms with Crippen LogP contribution < -0.4 is 0 Å². The van der Waals surface area contributed by atoms with E-state index < -0.39 is 0 Å². The average Bonchev–Trinajstić information content (AvgIpc) is 2.43. The Morgan fingerprint density at radius 3 is 3.00 bits per heavy atom. The van der Waals surface area contributed by atoms with Gasteiger partial charge in [-0.25, -0.2) is 4.99 Å². The number of rotatable bonds is 3. The Balaban J connectivity index is 3.07. The summed E-state index contributed by atoms with van der Waals surface area (Å²) in [6, 6.07) is 0. The molecule has 0 aliphatic rings. The number of aliphatic imine (C=N–C) groups is 1. The molecule has 1 rings (SSSR count). The first kappa shape index (κ1) is 10.1. The van der Waals surface area contributed by atoms with Gasteiger partial charge in [-0.3, -0.25) is 0 Å². The van der Waals surface area contributed by atoms with E-state index in [1.54, 1.807) is 0 Å². The second-order valence-electron chi connectivity index (χ2n) is 2.82. The molecule has 0 aliphatic heterocycles. The number of H-pyrrole nitrogens is 1. The number of nitrogens with one attached hydrogen (secondary N) is 1. The van der Waals surface area contributed by atoms with Gasteiger partial charge in [-0.05, 0) is 18.9 Å². The van der Waals surface area contributed by atoms with Crippen LogP contribution in [0.2, 0.25) is 0 Å². The fourth-order valence-corrected chi connectivity index (χ4v) is 1.37. The summed E-state index contributed by atoms with van der Waals surface area (Å²) in [5.41, 5.74) is 1.98. The van der Waals surface area contributed by atoms with Crippen LogP contribution in [0.25, 0.3) is 5.03 Å². The van der Waals surface area contributed by atoms with Gasteiger partial charge in [0.2, 0.25) is 0 Å². The van der Waals surface area contributed by atoms with E-state index in [1.807, 2.05) is 26.3 Å². The van der Waals surface area contributed by atoms with Crippen molar-refractivity contribution < 1.29 is 0 Å². The van der Waals surface area contributed by atoms with E-state index in [0.29, 0.717) is 5.03 Å². The van der Waals surface area contributed by atoms with Gasteiger partial charge in [-0.15, -0.1) is 0 Å². The number of hydrogen-bond acceptors (Lipinski definition) is 1. The van der Waals surface area contributed by atoms with Crippen LogP contribution in [-0.2, 0) is 0 Å². The molecule has 0 aromatic carbocycles.